The maximum absolute atomic E-state index is 12.0. The second-order valence-electron chi connectivity index (χ2n) is 5.39. The minimum Gasteiger partial charge on any atom is -0.375 e. The van der Waals surface area contributed by atoms with E-state index in [2.05, 4.69) is 17.6 Å². The molecule has 0 saturated heterocycles. The van der Waals surface area contributed by atoms with Gasteiger partial charge < -0.3 is 10.6 Å². The van der Waals surface area contributed by atoms with Gasteiger partial charge >= 0.3 is 0 Å². The van der Waals surface area contributed by atoms with E-state index in [1.165, 1.54) is 19.3 Å². The van der Waals surface area contributed by atoms with Crippen LogP contribution in [0.1, 0.15) is 32.6 Å². The van der Waals surface area contributed by atoms with Gasteiger partial charge in [0.2, 0.25) is 5.91 Å². The van der Waals surface area contributed by atoms with E-state index in [9.17, 15) is 4.79 Å². The van der Waals surface area contributed by atoms with E-state index in [1.54, 1.807) is 12.1 Å². The van der Waals surface area contributed by atoms with E-state index in [0.717, 1.165) is 6.42 Å². The van der Waals surface area contributed by atoms with Gasteiger partial charge in [-0.25, -0.2) is 0 Å². The summed E-state index contributed by atoms with van der Waals surface area (Å²) in [6, 6.07) is 5.63. The maximum Gasteiger partial charge on any atom is 0.239 e. The van der Waals surface area contributed by atoms with E-state index in [1.807, 2.05) is 6.07 Å². The summed E-state index contributed by atoms with van der Waals surface area (Å²) in [4.78, 5) is 12.0. The summed E-state index contributed by atoms with van der Waals surface area (Å²) in [6.07, 6.45) is 4.73. The molecular formula is C15H20Cl2N2O. The SMILES string of the molecule is CC1CCCCC1NC(=O)CNc1cccc(Cl)c1Cl. The fourth-order valence-corrected chi connectivity index (χ4v) is 2.97. The third-order valence-electron chi connectivity index (χ3n) is 3.85. The molecule has 20 heavy (non-hydrogen) atoms. The lowest BCUT2D eigenvalue weighted by atomic mass is 9.86. The number of halogens is 2. The van der Waals surface area contributed by atoms with Gasteiger partial charge in [-0.05, 0) is 30.9 Å². The number of hydrogen-bond acceptors (Lipinski definition) is 2. The van der Waals surface area contributed by atoms with Crippen LogP contribution in [0.2, 0.25) is 10.0 Å². The standard InChI is InChI=1S/C15H20Cl2N2O/c1-10-5-2-3-7-12(10)19-14(20)9-18-13-8-4-6-11(16)15(13)17/h4,6,8,10,12,18H,2-3,5,7,9H2,1H3,(H,19,20). The number of nitrogens with one attached hydrogen (secondary N) is 2. The van der Waals surface area contributed by atoms with Gasteiger partial charge in [-0.3, -0.25) is 4.79 Å². The molecule has 0 heterocycles. The van der Waals surface area contributed by atoms with Gasteiger partial charge in [-0.15, -0.1) is 0 Å². The molecule has 0 aromatic heterocycles. The minimum atomic E-state index is -0.000192. The highest BCUT2D eigenvalue weighted by molar-refractivity contribution is 6.43. The van der Waals surface area contributed by atoms with Gasteiger partial charge in [0.1, 0.15) is 0 Å². The molecule has 2 unspecified atom stereocenters. The van der Waals surface area contributed by atoms with Crippen molar-refractivity contribution in [1.29, 1.82) is 0 Å². The Labute approximate surface area is 130 Å². The number of rotatable bonds is 4. The second kappa shape index (κ2) is 7.19. The number of anilines is 1. The molecule has 0 spiro atoms. The third-order valence-corrected chi connectivity index (χ3v) is 4.67. The Hall–Kier alpha value is -0.930. The first-order valence-electron chi connectivity index (χ1n) is 7.05. The van der Waals surface area contributed by atoms with E-state index < -0.39 is 0 Å². The summed E-state index contributed by atoms with van der Waals surface area (Å²) in [7, 11) is 0. The van der Waals surface area contributed by atoms with Crippen molar-refractivity contribution in [3.05, 3.63) is 28.2 Å². The zero-order valence-corrected chi connectivity index (χ0v) is 13.1. The van der Waals surface area contributed by atoms with Crippen molar-refractivity contribution < 1.29 is 4.79 Å². The topological polar surface area (TPSA) is 41.1 Å². The Morgan fingerprint density at radius 1 is 1.30 bits per heavy atom. The summed E-state index contributed by atoms with van der Waals surface area (Å²) in [5, 5.41) is 7.06. The molecule has 1 fully saturated rings. The van der Waals surface area contributed by atoms with Gasteiger partial charge in [0.15, 0.2) is 0 Å². The molecule has 2 N–H and O–H groups in total. The van der Waals surface area contributed by atoms with Crippen LogP contribution in [0.5, 0.6) is 0 Å². The van der Waals surface area contributed by atoms with Gasteiger partial charge in [-0.2, -0.15) is 0 Å². The van der Waals surface area contributed by atoms with Crippen LogP contribution in [-0.2, 0) is 4.79 Å². The van der Waals surface area contributed by atoms with Gasteiger partial charge in [0, 0.05) is 6.04 Å². The second-order valence-corrected chi connectivity index (χ2v) is 6.18. The Morgan fingerprint density at radius 3 is 2.80 bits per heavy atom. The molecule has 5 heteroatoms. The largest absolute Gasteiger partial charge is 0.375 e. The van der Waals surface area contributed by atoms with Gasteiger partial charge in [-0.1, -0.05) is 49.0 Å². The van der Waals surface area contributed by atoms with E-state index >= 15 is 0 Å². The Kier molecular flexibility index (Phi) is 5.55. The first kappa shape index (κ1) is 15.5. The third kappa shape index (κ3) is 4.03. The Morgan fingerprint density at radius 2 is 2.05 bits per heavy atom. The van der Waals surface area contributed by atoms with Crippen molar-refractivity contribution in [2.24, 2.45) is 5.92 Å². The van der Waals surface area contributed by atoms with Gasteiger partial charge in [0.25, 0.3) is 0 Å². The molecule has 110 valence electrons. The normalized spacial score (nSPS) is 22.4. The Bertz CT molecular complexity index is 479. The smallest absolute Gasteiger partial charge is 0.239 e. The molecule has 0 aliphatic heterocycles. The van der Waals surface area contributed by atoms with Crippen LogP contribution in [0.15, 0.2) is 18.2 Å². The summed E-state index contributed by atoms with van der Waals surface area (Å²) < 4.78 is 0. The predicted octanol–water partition coefficient (Wildman–Crippen LogP) is 4.10. The molecule has 3 nitrogen and oxygen atoms in total. The van der Waals surface area contributed by atoms with Crippen molar-refractivity contribution in [2.75, 3.05) is 11.9 Å². The van der Waals surface area contributed by atoms with Crippen molar-refractivity contribution in [3.8, 4) is 0 Å². The molecule has 1 aliphatic rings. The molecule has 2 rings (SSSR count). The summed E-state index contributed by atoms with van der Waals surface area (Å²) in [6.45, 7) is 2.41. The molecule has 0 bridgehead atoms. The van der Waals surface area contributed by atoms with Crippen molar-refractivity contribution >= 4 is 34.8 Å². The zero-order valence-electron chi connectivity index (χ0n) is 11.6. The maximum atomic E-state index is 12.0. The highest BCUT2D eigenvalue weighted by Crippen LogP contribution is 2.29. The molecule has 1 aromatic rings. The van der Waals surface area contributed by atoms with Crippen molar-refractivity contribution in [3.63, 3.8) is 0 Å². The van der Waals surface area contributed by atoms with Crippen molar-refractivity contribution in [1.82, 2.24) is 5.32 Å². The average molecular weight is 315 g/mol. The molecule has 1 aliphatic carbocycles. The fraction of sp³-hybridized carbons (Fsp3) is 0.533. The number of hydrogen-bond donors (Lipinski definition) is 2. The van der Waals surface area contributed by atoms with Crippen LogP contribution in [0.25, 0.3) is 0 Å². The van der Waals surface area contributed by atoms with Crippen molar-refractivity contribution in [2.45, 2.75) is 38.6 Å². The molecule has 1 saturated carbocycles. The summed E-state index contributed by atoms with van der Waals surface area (Å²) >= 11 is 12.0. The highest BCUT2D eigenvalue weighted by Gasteiger charge is 2.22. The number of benzene rings is 1. The van der Waals surface area contributed by atoms with Gasteiger partial charge in [0.05, 0.1) is 22.3 Å². The summed E-state index contributed by atoms with van der Waals surface area (Å²) in [5.74, 6) is 0.558. The molecule has 1 amide bonds. The molecule has 1 aromatic carbocycles. The first-order valence-corrected chi connectivity index (χ1v) is 7.80. The van der Waals surface area contributed by atoms with Crippen LogP contribution in [0.3, 0.4) is 0 Å². The van der Waals surface area contributed by atoms with E-state index in [-0.39, 0.29) is 12.5 Å². The number of carbonyl (C=O) groups is 1. The van der Waals surface area contributed by atoms with E-state index in [0.29, 0.717) is 27.7 Å². The highest BCUT2D eigenvalue weighted by atomic mass is 35.5. The lowest BCUT2D eigenvalue weighted by molar-refractivity contribution is -0.120. The monoisotopic (exact) mass is 314 g/mol. The lowest BCUT2D eigenvalue weighted by Gasteiger charge is -2.29. The first-order chi connectivity index (χ1) is 9.58. The van der Waals surface area contributed by atoms with Crippen LogP contribution >= 0.6 is 23.2 Å². The average Bonchev–Trinajstić information content (AvgIpc) is 2.43. The van der Waals surface area contributed by atoms with Crippen LogP contribution in [0, 0.1) is 5.92 Å². The molecule has 0 radical (unpaired) electrons. The van der Waals surface area contributed by atoms with Crippen LogP contribution < -0.4 is 10.6 Å². The number of amides is 1. The lowest BCUT2D eigenvalue weighted by Crippen LogP contribution is -2.43. The van der Waals surface area contributed by atoms with Crippen LogP contribution in [-0.4, -0.2) is 18.5 Å². The number of carbonyl (C=O) groups excluding carboxylic acids is 1. The Balaban J connectivity index is 1.84. The zero-order chi connectivity index (χ0) is 14.5. The molecule has 2 atom stereocenters. The summed E-state index contributed by atoms with van der Waals surface area (Å²) in [5.41, 5.74) is 0.686. The molecular weight excluding hydrogens is 295 g/mol. The van der Waals surface area contributed by atoms with E-state index in [4.69, 9.17) is 23.2 Å². The minimum absolute atomic E-state index is 0.000192. The fourth-order valence-electron chi connectivity index (χ4n) is 2.60. The predicted molar refractivity (Wildman–Crippen MR) is 84.5 cm³/mol. The quantitative estimate of drug-likeness (QED) is 0.878. The van der Waals surface area contributed by atoms with Crippen LogP contribution in [0.4, 0.5) is 5.69 Å².